The third-order valence-corrected chi connectivity index (χ3v) is 6.60. The van der Waals surface area contributed by atoms with E-state index in [2.05, 4.69) is 26.1 Å². The lowest BCUT2D eigenvalue weighted by Gasteiger charge is -2.53. The van der Waals surface area contributed by atoms with E-state index in [4.69, 9.17) is 4.74 Å². The van der Waals surface area contributed by atoms with Gasteiger partial charge in [0.05, 0.1) is 6.10 Å². The second kappa shape index (κ2) is 4.46. The van der Waals surface area contributed by atoms with Gasteiger partial charge in [-0.25, -0.2) is 0 Å². The van der Waals surface area contributed by atoms with Crippen LogP contribution >= 0.6 is 0 Å². The van der Waals surface area contributed by atoms with Crippen molar-refractivity contribution >= 4 is 5.91 Å². The molecule has 20 heavy (non-hydrogen) atoms. The van der Waals surface area contributed by atoms with Crippen molar-refractivity contribution in [1.29, 1.82) is 0 Å². The van der Waals surface area contributed by atoms with Crippen LogP contribution in [0.5, 0.6) is 0 Å². The second-order valence-electron chi connectivity index (χ2n) is 8.22. The van der Waals surface area contributed by atoms with Gasteiger partial charge in [0.15, 0.2) is 0 Å². The Morgan fingerprint density at radius 2 is 2.05 bits per heavy atom. The van der Waals surface area contributed by atoms with Crippen LogP contribution in [0.1, 0.15) is 53.9 Å². The number of ether oxygens (including phenoxy) is 1. The van der Waals surface area contributed by atoms with Gasteiger partial charge in [-0.2, -0.15) is 0 Å². The van der Waals surface area contributed by atoms with Gasteiger partial charge in [0.2, 0.25) is 5.91 Å². The summed E-state index contributed by atoms with van der Waals surface area (Å²) in [4.78, 5) is 12.3. The number of hydrogen-bond donors (Lipinski definition) is 1. The van der Waals surface area contributed by atoms with Gasteiger partial charge in [-0.05, 0) is 48.9 Å². The number of carbonyl (C=O) groups excluding carboxylic acids is 1. The Morgan fingerprint density at radius 3 is 2.70 bits per heavy atom. The highest BCUT2D eigenvalue weighted by atomic mass is 16.5. The van der Waals surface area contributed by atoms with Gasteiger partial charge in [0, 0.05) is 18.6 Å². The molecular formula is C17H29NO2. The highest BCUT2D eigenvalue weighted by Gasteiger charge is 2.67. The van der Waals surface area contributed by atoms with Gasteiger partial charge in [0.1, 0.15) is 0 Å². The van der Waals surface area contributed by atoms with Crippen LogP contribution in [0, 0.1) is 28.6 Å². The first-order chi connectivity index (χ1) is 9.29. The van der Waals surface area contributed by atoms with E-state index in [1.165, 1.54) is 12.8 Å². The first-order valence-electron chi connectivity index (χ1n) is 8.21. The highest BCUT2D eigenvalue weighted by molar-refractivity contribution is 5.78. The maximum atomic E-state index is 12.3. The van der Waals surface area contributed by atoms with Crippen LogP contribution in [0.2, 0.25) is 0 Å². The van der Waals surface area contributed by atoms with Crippen LogP contribution in [0.4, 0.5) is 0 Å². The second-order valence-corrected chi connectivity index (χ2v) is 8.22. The lowest BCUT2D eigenvalue weighted by Crippen LogP contribution is -2.60. The first-order valence-corrected chi connectivity index (χ1v) is 8.21. The van der Waals surface area contributed by atoms with Crippen molar-refractivity contribution < 1.29 is 9.53 Å². The van der Waals surface area contributed by atoms with Crippen molar-refractivity contribution in [3.8, 4) is 0 Å². The number of nitrogens with one attached hydrogen (secondary N) is 1. The smallest absolute Gasteiger partial charge is 0.222 e. The van der Waals surface area contributed by atoms with E-state index in [-0.39, 0.29) is 22.7 Å². The third-order valence-electron chi connectivity index (χ3n) is 6.60. The molecule has 2 aliphatic carbocycles. The first kappa shape index (κ1) is 14.4. The Labute approximate surface area is 122 Å². The number of fused-ring (bicyclic) bond motifs is 1. The Bertz CT molecular complexity index is 417. The van der Waals surface area contributed by atoms with E-state index in [9.17, 15) is 4.79 Å². The zero-order valence-electron chi connectivity index (χ0n) is 13.5. The molecule has 3 rings (SSSR count). The summed E-state index contributed by atoms with van der Waals surface area (Å²) in [6, 6.07) is 0.319. The van der Waals surface area contributed by atoms with Gasteiger partial charge in [-0.3, -0.25) is 4.79 Å². The highest BCUT2D eigenvalue weighted by Crippen LogP contribution is 2.68. The summed E-state index contributed by atoms with van der Waals surface area (Å²) in [5.41, 5.74) is 0.508. The van der Waals surface area contributed by atoms with Crippen LogP contribution in [0.15, 0.2) is 0 Å². The van der Waals surface area contributed by atoms with Gasteiger partial charge >= 0.3 is 0 Å². The normalized spacial score (nSPS) is 45.5. The summed E-state index contributed by atoms with van der Waals surface area (Å²) in [6.45, 7) is 11.8. The predicted octanol–water partition coefficient (Wildman–Crippen LogP) is 2.99. The molecule has 0 radical (unpaired) electrons. The lowest BCUT2D eigenvalue weighted by molar-refractivity contribution is -0.136. The lowest BCUT2D eigenvalue weighted by atomic mass is 9.59. The molecular weight excluding hydrogens is 250 g/mol. The van der Waals surface area contributed by atoms with E-state index < -0.39 is 0 Å². The zero-order chi connectivity index (χ0) is 14.7. The van der Waals surface area contributed by atoms with E-state index in [0.717, 1.165) is 18.9 Å². The number of rotatable bonds is 2. The van der Waals surface area contributed by atoms with E-state index >= 15 is 0 Å². The average molecular weight is 279 g/mol. The topological polar surface area (TPSA) is 38.3 Å². The van der Waals surface area contributed by atoms with E-state index in [1.807, 2.05) is 13.8 Å². The Kier molecular flexibility index (Phi) is 3.20. The van der Waals surface area contributed by atoms with Crippen LogP contribution in [-0.4, -0.2) is 24.7 Å². The quantitative estimate of drug-likeness (QED) is 0.844. The molecule has 3 heteroatoms. The fourth-order valence-electron chi connectivity index (χ4n) is 5.39. The molecule has 0 aromatic heterocycles. The number of hydrogen-bond acceptors (Lipinski definition) is 2. The van der Waals surface area contributed by atoms with Crippen molar-refractivity contribution in [3.63, 3.8) is 0 Å². The van der Waals surface area contributed by atoms with Crippen molar-refractivity contribution in [1.82, 2.24) is 5.32 Å². The fourth-order valence-corrected chi connectivity index (χ4v) is 5.39. The average Bonchev–Trinajstić information content (AvgIpc) is 2.84. The molecule has 3 fully saturated rings. The van der Waals surface area contributed by atoms with Gasteiger partial charge in [-0.15, -0.1) is 0 Å². The molecule has 1 amide bonds. The van der Waals surface area contributed by atoms with Crippen LogP contribution in [0.3, 0.4) is 0 Å². The summed E-state index contributed by atoms with van der Waals surface area (Å²) in [7, 11) is 0. The predicted molar refractivity (Wildman–Crippen MR) is 79.2 cm³/mol. The minimum Gasteiger partial charge on any atom is -0.378 e. The summed E-state index contributed by atoms with van der Waals surface area (Å²) < 4.78 is 5.90. The van der Waals surface area contributed by atoms with Crippen LogP contribution < -0.4 is 5.32 Å². The third kappa shape index (κ3) is 1.78. The van der Waals surface area contributed by atoms with Gasteiger partial charge < -0.3 is 10.1 Å². The Morgan fingerprint density at radius 1 is 1.35 bits per heavy atom. The van der Waals surface area contributed by atoms with E-state index in [0.29, 0.717) is 18.1 Å². The molecule has 1 saturated heterocycles. The summed E-state index contributed by atoms with van der Waals surface area (Å²) in [5, 5.41) is 3.42. The van der Waals surface area contributed by atoms with Crippen molar-refractivity contribution in [2.45, 2.75) is 66.0 Å². The minimum absolute atomic E-state index is 0.0667. The summed E-state index contributed by atoms with van der Waals surface area (Å²) in [5.74, 6) is 1.64. The zero-order valence-corrected chi connectivity index (χ0v) is 13.5. The van der Waals surface area contributed by atoms with Crippen LogP contribution in [-0.2, 0) is 9.53 Å². The van der Waals surface area contributed by atoms with Gasteiger partial charge in [-0.1, -0.05) is 27.7 Å². The summed E-state index contributed by atoms with van der Waals surface area (Å²) >= 11 is 0. The number of amides is 1. The molecule has 1 heterocycles. The van der Waals surface area contributed by atoms with Crippen molar-refractivity contribution in [3.05, 3.63) is 0 Å². The molecule has 2 saturated carbocycles. The Balaban J connectivity index is 1.92. The molecule has 3 aliphatic rings. The molecule has 0 aromatic rings. The molecule has 1 spiro atoms. The fraction of sp³-hybridized carbons (Fsp3) is 0.941. The minimum atomic E-state index is 0.0667. The maximum absolute atomic E-state index is 12.3. The van der Waals surface area contributed by atoms with Crippen molar-refractivity contribution in [2.24, 2.45) is 28.6 Å². The van der Waals surface area contributed by atoms with E-state index in [1.54, 1.807) is 0 Å². The standard InChI is InChI=1S/C17H29NO2/c1-10(2)14(19)18-15-16(4,5)12-8-13-11(3)20-7-6-17(13,15)9-12/h10-13,15H,6-9H2,1-5H3,(H,18,19)/t11-,12-,13-,15-,17?/m1/s1. The van der Waals surface area contributed by atoms with Gasteiger partial charge in [0.25, 0.3) is 0 Å². The number of carbonyl (C=O) groups is 1. The molecule has 1 aliphatic heterocycles. The van der Waals surface area contributed by atoms with Crippen LogP contribution in [0.25, 0.3) is 0 Å². The Hall–Kier alpha value is -0.570. The monoisotopic (exact) mass is 279 g/mol. The van der Waals surface area contributed by atoms with Crippen molar-refractivity contribution in [2.75, 3.05) is 6.61 Å². The maximum Gasteiger partial charge on any atom is 0.222 e. The largest absolute Gasteiger partial charge is 0.378 e. The molecule has 3 nitrogen and oxygen atoms in total. The molecule has 2 bridgehead atoms. The molecule has 5 atom stereocenters. The molecule has 0 aromatic carbocycles. The summed E-state index contributed by atoms with van der Waals surface area (Å²) in [6.07, 6.45) is 4.03. The molecule has 1 N–H and O–H groups in total. The molecule has 1 unspecified atom stereocenters. The SMILES string of the molecule is CC(C)C(=O)N[C@@H]1C(C)(C)[C@@H]2C[C@@H]3[C@@H](C)OCCC31C2. The molecule has 114 valence electrons.